The minimum absolute atomic E-state index is 0.0312. The Morgan fingerprint density at radius 2 is 1.55 bits per heavy atom. The van der Waals surface area contributed by atoms with E-state index in [0.29, 0.717) is 0 Å². The molecule has 2 saturated heterocycles. The van der Waals surface area contributed by atoms with E-state index in [1.165, 1.54) is 6.17 Å². The lowest BCUT2D eigenvalue weighted by molar-refractivity contribution is 0.344. The van der Waals surface area contributed by atoms with Crippen LogP contribution >= 0.6 is 0 Å². The van der Waals surface area contributed by atoms with Crippen LogP contribution in [0, 0.1) is 6.17 Å². The third-order valence-corrected chi connectivity index (χ3v) is 2.31. The normalized spacial score (nSPS) is 31.4. The van der Waals surface area contributed by atoms with Crippen LogP contribution in [0.3, 0.4) is 0 Å². The van der Waals surface area contributed by atoms with E-state index in [9.17, 15) is 0 Å². The van der Waals surface area contributed by atoms with Crippen LogP contribution < -0.4 is 21.3 Å². The van der Waals surface area contributed by atoms with E-state index < -0.39 is 0 Å². The minimum Gasteiger partial charge on any atom is -0.295 e. The number of hydrogen-bond donors (Lipinski definition) is 4. The van der Waals surface area contributed by atoms with Crippen molar-refractivity contribution in [3.05, 3.63) is 6.17 Å². The second-order valence-corrected chi connectivity index (χ2v) is 3.21. The highest BCUT2D eigenvalue weighted by Gasteiger charge is 2.38. The molecule has 0 bridgehead atoms. The summed E-state index contributed by atoms with van der Waals surface area (Å²) in [6.45, 7) is 6.32. The van der Waals surface area contributed by atoms with Gasteiger partial charge in [-0.05, 0) is 6.92 Å². The van der Waals surface area contributed by atoms with Crippen LogP contribution in [-0.4, -0.2) is 31.8 Å². The van der Waals surface area contributed by atoms with E-state index in [1.807, 2.05) is 0 Å². The van der Waals surface area contributed by atoms with Crippen molar-refractivity contribution in [2.24, 2.45) is 0 Å². The first-order chi connectivity index (χ1) is 5.31. The summed E-state index contributed by atoms with van der Waals surface area (Å²) in [6, 6.07) is 0. The van der Waals surface area contributed by atoms with Gasteiger partial charge in [0.15, 0.2) is 0 Å². The van der Waals surface area contributed by atoms with Crippen molar-refractivity contribution in [3.63, 3.8) is 0 Å². The van der Waals surface area contributed by atoms with Gasteiger partial charge in [-0.1, -0.05) is 0 Å². The zero-order chi connectivity index (χ0) is 7.73. The summed E-state index contributed by atoms with van der Waals surface area (Å²) >= 11 is 0. The number of hydrogen-bond acceptors (Lipinski definition) is 4. The molecule has 1 radical (unpaired) electrons. The molecule has 0 aromatic rings. The Hall–Kier alpha value is -0.160. The van der Waals surface area contributed by atoms with Gasteiger partial charge in [-0.15, -0.1) is 0 Å². The van der Waals surface area contributed by atoms with E-state index in [2.05, 4.69) is 28.2 Å². The van der Waals surface area contributed by atoms with Gasteiger partial charge in [-0.25, -0.2) is 0 Å². The Bertz CT molecular complexity index is 135. The molecule has 0 spiro atoms. The molecule has 4 N–H and O–H groups in total. The van der Waals surface area contributed by atoms with Crippen LogP contribution in [0.25, 0.3) is 0 Å². The molecule has 0 aromatic heterocycles. The van der Waals surface area contributed by atoms with Crippen molar-refractivity contribution < 1.29 is 0 Å². The van der Waals surface area contributed by atoms with Crippen molar-refractivity contribution >= 4 is 0 Å². The van der Waals surface area contributed by atoms with Crippen LogP contribution in [0.15, 0.2) is 0 Å². The predicted octanol–water partition coefficient (Wildman–Crippen LogP) is -1.42. The Kier molecular flexibility index (Phi) is 1.85. The van der Waals surface area contributed by atoms with Gasteiger partial charge in [-0.2, -0.15) is 0 Å². The van der Waals surface area contributed by atoms with Gasteiger partial charge in [0.1, 0.15) is 11.8 Å². The highest BCUT2D eigenvalue weighted by Crippen LogP contribution is 2.15. The quantitative estimate of drug-likeness (QED) is 0.375. The minimum atomic E-state index is -0.0312. The smallest absolute Gasteiger partial charge is 0.136 e. The van der Waals surface area contributed by atoms with Gasteiger partial charge in [-0.3, -0.25) is 21.3 Å². The van der Waals surface area contributed by atoms with E-state index in [-0.39, 0.29) is 5.66 Å². The molecular formula is C7H15N4. The molecule has 4 nitrogen and oxygen atoms in total. The summed E-state index contributed by atoms with van der Waals surface area (Å²) in [7, 11) is 0. The Morgan fingerprint density at radius 3 is 2.09 bits per heavy atom. The van der Waals surface area contributed by atoms with E-state index in [1.54, 1.807) is 0 Å². The standard InChI is InChI=1S/C7H15N4/c1-7(10-4-5-11-7)6-8-2-3-9-6/h8-11H,2-5H2,1H3. The summed E-state index contributed by atoms with van der Waals surface area (Å²) < 4.78 is 0. The molecule has 2 aliphatic rings. The second-order valence-electron chi connectivity index (χ2n) is 3.21. The fraction of sp³-hybridized carbons (Fsp3) is 0.857. The van der Waals surface area contributed by atoms with Gasteiger partial charge >= 0.3 is 0 Å². The van der Waals surface area contributed by atoms with Crippen molar-refractivity contribution in [1.82, 2.24) is 21.3 Å². The molecular weight excluding hydrogens is 140 g/mol. The molecule has 2 aliphatic heterocycles. The summed E-state index contributed by atoms with van der Waals surface area (Å²) in [4.78, 5) is 0. The van der Waals surface area contributed by atoms with Crippen molar-refractivity contribution in [2.45, 2.75) is 12.6 Å². The Balaban J connectivity index is 2.00. The first kappa shape index (κ1) is 7.49. The molecule has 0 atom stereocenters. The topological polar surface area (TPSA) is 48.1 Å². The monoisotopic (exact) mass is 155 g/mol. The van der Waals surface area contributed by atoms with E-state index in [4.69, 9.17) is 0 Å². The van der Waals surface area contributed by atoms with Crippen LogP contribution in [0.1, 0.15) is 6.92 Å². The molecule has 2 heterocycles. The summed E-state index contributed by atoms with van der Waals surface area (Å²) in [5.41, 5.74) is -0.0312. The SMILES string of the molecule is CC1([C]2NCCN2)NCCN1. The van der Waals surface area contributed by atoms with Crippen molar-refractivity contribution in [2.75, 3.05) is 26.2 Å². The first-order valence-corrected chi connectivity index (χ1v) is 4.16. The first-order valence-electron chi connectivity index (χ1n) is 4.16. The zero-order valence-electron chi connectivity index (χ0n) is 6.83. The van der Waals surface area contributed by atoms with Crippen molar-refractivity contribution in [1.29, 1.82) is 0 Å². The van der Waals surface area contributed by atoms with Crippen LogP contribution in [0.5, 0.6) is 0 Å². The van der Waals surface area contributed by atoms with Gasteiger partial charge < -0.3 is 0 Å². The van der Waals surface area contributed by atoms with Gasteiger partial charge in [0.2, 0.25) is 0 Å². The molecule has 11 heavy (non-hydrogen) atoms. The molecule has 0 amide bonds. The van der Waals surface area contributed by atoms with Crippen LogP contribution in [0.4, 0.5) is 0 Å². The fourth-order valence-electron chi connectivity index (χ4n) is 1.66. The average Bonchev–Trinajstić information content (AvgIpc) is 2.55. The molecule has 63 valence electrons. The molecule has 0 saturated carbocycles. The lowest BCUT2D eigenvalue weighted by atomic mass is 10.1. The molecule has 0 aromatic carbocycles. The third kappa shape index (κ3) is 1.27. The highest BCUT2D eigenvalue weighted by atomic mass is 15.4. The summed E-state index contributed by atoms with van der Waals surface area (Å²) in [5.74, 6) is 0. The summed E-state index contributed by atoms with van der Waals surface area (Å²) in [5, 5.41) is 13.4. The van der Waals surface area contributed by atoms with Gasteiger partial charge in [0.05, 0.1) is 0 Å². The van der Waals surface area contributed by atoms with E-state index >= 15 is 0 Å². The lowest BCUT2D eigenvalue weighted by Crippen LogP contribution is -2.57. The van der Waals surface area contributed by atoms with Gasteiger partial charge in [0, 0.05) is 26.2 Å². The molecule has 4 heteroatoms. The van der Waals surface area contributed by atoms with Gasteiger partial charge in [0.25, 0.3) is 0 Å². The third-order valence-electron chi connectivity index (χ3n) is 2.31. The van der Waals surface area contributed by atoms with Crippen LogP contribution in [0.2, 0.25) is 0 Å². The largest absolute Gasteiger partial charge is 0.295 e. The number of nitrogens with one attached hydrogen (secondary N) is 4. The zero-order valence-corrected chi connectivity index (χ0v) is 6.83. The maximum absolute atomic E-state index is 3.40. The molecule has 0 unspecified atom stereocenters. The fourth-order valence-corrected chi connectivity index (χ4v) is 1.66. The molecule has 2 rings (SSSR count). The molecule has 2 fully saturated rings. The van der Waals surface area contributed by atoms with Crippen LogP contribution in [-0.2, 0) is 0 Å². The number of rotatable bonds is 1. The van der Waals surface area contributed by atoms with Crippen molar-refractivity contribution in [3.8, 4) is 0 Å². The molecule has 0 aliphatic carbocycles. The van der Waals surface area contributed by atoms with E-state index in [0.717, 1.165) is 26.2 Å². The predicted molar refractivity (Wildman–Crippen MR) is 43.7 cm³/mol. The lowest BCUT2D eigenvalue weighted by Gasteiger charge is -2.30. The maximum Gasteiger partial charge on any atom is 0.136 e. The summed E-state index contributed by atoms with van der Waals surface area (Å²) in [6.07, 6.45) is 1.19. The average molecular weight is 155 g/mol. The Morgan fingerprint density at radius 1 is 1.00 bits per heavy atom. The maximum atomic E-state index is 3.40. The highest BCUT2D eigenvalue weighted by molar-refractivity contribution is 5.10. The second kappa shape index (κ2) is 2.71. The Labute approximate surface area is 67.1 Å².